The normalized spacial score (nSPS) is 14.4. The smallest absolute Gasteiger partial charge is 0.0550 e. The van der Waals surface area contributed by atoms with E-state index in [9.17, 15) is 0 Å². The largest absolute Gasteiger partial charge is 0.317 e. The van der Waals surface area contributed by atoms with E-state index in [-0.39, 0.29) is 5.41 Å². The van der Waals surface area contributed by atoms with Crippen LogP contribution in [0.4, 0.5) is 0 Å². The van der Waals surface area contributed by atoms with Crippen LogP contribution in [0.25, 0.3) is 0 Å². The van der Waals surface area contributed by atoms with E-state index < -0.39 is 0 Å². The molecule has 14 heavy (non-hydrogen) atoms. The molecule has 1 unspecified atom stereocenters. The monoisotopic (exact) mass is 231 g/mol. The van der Waals surface area contributed by atoms with Crippen molar-refractivity contribution in [2.24, 2.45) is 0 Å². The van der Waals surface area contributed by atoms with Crippen molar-refractivity contribution in [1.82, 2.24) is 5.32 Å². The fourth-order valence-corrected chi connectivity index (χ4v) is 3.19. The number of nitrogens with one attached hydrogen (secondary N) is 1. The minimum Gasteiger partial charge on any atom is -0.317 e. The van der Waals surface area contributed by atoms with Crippen LogP contribution >= 0.6 is 22.9 Å². The van der Waals surface area contributed by atoms with Crippen LogP contribution < -0.4 is 5.32 Å². The zero-order valence-corrected chi connectivity index (χ0v) is 10.8. The van der Waals surface area contributed by atoms with Crippen molar-refractivity contribution >= 4 is 22.9 Å². The molecule has 0 spiro atoms. The molecule has 80 valence electrons. The first-order valence-electron chi connectivity index (χ1n) is 4.88. The number of halogens is 1. The zero-order chi connectivity index (χ0) is 10.8. The first-order chi connectivity index (χ1) is 6.47. The highest BCUT2D eigenvalue weighted by Gasteiger charge is 2.26. The van der Waals surface area contributed by atoms with Crippen LogP contribution in [0.2, 0.25) is 5.02 Å². The lowest BCUT2D eigenvalue weighted by molar-refractivity contribution is 0.411. The summed E-state index contributed by atoms with van der Waals surface area (Å²) in [5, 5.41) is 6.23. The van der Waals surface area contributed by atoms with Crippen molar-refractivity contribution in [3.05, 3.63) is 21.3 Å². The molecule has 0 aliphatic heterocycles. The van der Waals surface area contributed by atoms with E-state index in [0.717, 1.165) is 11.4 Å². The fraction of sp³-hybridized carbons (Fsp3) is 0.636. The van der Waals surface area contributed by atoms with Gasteiger partial charge in [0.25, 0.3) is 0 Å². The minimum atomic E-state index is 0.160. The summed E-state index contributed by atoms with van der Waals surface area (Å²) in [6.07, 6.45) is 1.10. The molecule has 0 amide bonds. The molecule has 0 aliphatic carbocycles. The highest BCUT2D eigenvalue weighted by Crippen LogP contribution is 2.37. The predicted molar refractivity (Wildman–Crippen MR) is 65.5 cm³/mol. The van der Waals surface area contributed by atoms with Gasteiger partial charge in [0.15, 0.2) is 0 Å². The molecule has 1 aromatic heterocycles. The van der Waals surface area contributed by atoms with Crippen LogP contribution in [0.15, 0.2) is 11.4 Å². The van der Waals surface area contributed by atoms with Gasteiger partial charge in [-0.3, -0.25) is 0 Å². The van der Waals surface area contributed by atoms with Gasteiger partial charge in [-0.1, -0.05) is 25.4 Å². The van der Waals surface area contributed by atoms with Crippen molar-refractivity contribution in [3.8, 4) is 0 Å². The third-order valence-electron chi connectivity index (χ3n) is 2.54. The molecule has 0 radical (unpaired) electrons. The first kappa shape index (κ1) is 12.0. The molecule has 0 fully saturated rings. The summed E-state index contributed by atoms with van der Waals surface area (Å²) in [6.45, 7) is 6.69. The van der Waals surface area contributed by atoms with E-state index >= 15 is 0 Å². The van der Waals surface area contributed by atoms with Gasteiger partial charge in [0.05, 0.1) is 5.02 Å². The average molecular weight is 232 g/mol. The Morgan fingerprint density at radius 2 is 2.21 bits per heavy atom. The molecule has 0 aliphatic rings. The Bertz CT molecular complexity index is 293. The number of hydrogen-bond acceptors (Lipinski definition) is 2. The van der Waals surface area contributed by atoms with Crippen LogP contribution in [0.5, 0.6) is 0 Å². The van der Waals surface area contributed by atoms with Crippen molar-refractivity contribution < 1.29 is 0 Å². The highest BCUT2D eigenvalue weighted by atomic mass is 35.5. The lowest BCUT2D eigenvalue weighted by atomic mass is 9.84. The molecule has 1 aromatic rings. The summed E-state index contributed by atoms with van der Waals surface area (Å²) in [6, 6.07) is 2.50. The molecule has 3 heteroatoms. The van der Waals surface area contributed by atoms with Gasteiger partial charge < -0.3 is 5.32 Å². The molecule has 1 heterocycles. The molecule has 1 nitrogen and oxygen atoms in total. The zero-order valence-electron chi connectivity index (χ0n) is 9.23. The fourth-order valence-electron chi connectivity index (χ4n) is 1.74. The summed E-state index contributed by atoms with van der Waals surface area (Å²) in [7, 11) is 2.00. The standard InChI is InChI=1S/C11H18ClNS/c1-8(13-4)7-11(2,3)10-9(12)5-6-14-10/h5-6,8,13H,7H2,1-4H3. The maximum Gasteiger partial charge on any atom is 0.0550 e. The van der Waals surface area contributed by atoms with E-state index in [0.29, 0.717) is 6.04 Å². The first-order valence-corrected chi connectivity index (χ1v) is 6.14. The Labute approximate surface area is 95.5 Å². The quantitative estimate of drug-likeness (QED) is 0.834. The molecule has 1 atom stereocenters. The second kappa shape index (κ2) is 4.65. The van der Waals surface area contributed by atoms with E-state index in [2.05, 4.69) is 31.5 Å². The molecular weight excluding hydrogens is 214 g/mol. The summed E-state index contributed by atoms with van der Waals surface area (Å²) < 4.78 is 0. The highest BCUT2D eigenvalue weighted by molar-refractivity contribution is 7.10. The SMILES string of the molecule is CNC(C)CC(C)(C)c1sccc1Cl. The topological polar surface area (TPSA) is 12.0 Å². The van der Waals surface area contributed by atoms with Gasteiger partial charge in [0.2, 0.25) is 0 Å². The molecule has 0 aromatic carbocycles. The Hall–Kier alpha value is -0.0500. The summed E-state index contributed by atoms with van der Waals surface area (Å²) >= 11 is 7.89. The van der Waals surface area contributed by atoms with Crippen molar-refractivity contribution in [2.45, 2.75) is 38.6 Å². The summed E-state index contributed by atoms with van der Waals surface area (Å²) in [4.78, 5) is 1.29. The molecule has 0 saturated carbocycles. The van der Waals surface area contributed by atoms with Gasteiger partial charge >= 0.3 is 0 Å². The number of hydrogen-bond donors (Lipinski definition) is 1. The number of rotatable bonds is 4. The Morgan fingerprint density at radius 1 is 1.57 bits per heavy atom. The lowest BCUT2D eigenvalue weighted by Crippen LogP contribution is -2.30. The summed E-state index contributed by atoms with van der Waals surface area (Å²) in [5.74, 6) is 0. The van der Waals surface area contributed by atoms with Gasteiger partial charge in [-0.25, -0.2) is 0 Å². The minimum absolute atomic E-state index is 0.160. The van der Waals surface area contributed by atoms with E-state index in [1.54, 1.807) is 11.3 Å². The average Bonchev–Trinajstić information content (AvgIpc) is 2.51. The van der Waals surface area contributed by atoms with E-state index in [4.69, 9.17) is 11.6 Å². The van der Waals surface area contributed by atoms with Gasteiger partial charge in [-0.2, -0.15) is 0 Å². The van der Waals surface area contributed by atoms with Crippen LogP contribution in [-0.2, 0) is 5.41 Å². The van der Waals surface area contributed by atoms with E-state index in [1.165, 1.54) is 4.88 Å². The molecule has 0 bridgehead atoms. The third kappa shape index (κ3) is 2.72. The van der Waals surface area contributed by atoms with Gasteiger partial charge in [-0.05, 0) is 31.8 Å². The van der Waals surface area contributed by atoms with Crippen LogP contribution in [0.3, 0.4) is 0 Å². The van der Waals surface area contributed by atoms with Crippen molar-refractivity contribution in [2.75, 3.05) is 7.05 Å². The molecule has 1 N–H and O–H groups in total. The Morgan fingerprint density at radius 3 is 2.64 bits per heavy atom. The molecule has 1 rings (SSSR count). The second-order valence-electron chi connectivity index (χ2n) is 4.38. The Kier molecular flexibility index (Phi) is 3.99. The van der Waals surface area contributed by atoms with Gasteiger partial charge in [-0.15, -0.1) is 11.3 Å². The molecular formula is C11H18ClNS. The van der Waals surface area contributed by atoms with Crippen molar-refractivity contribution in [1.29, 1.82) is 0 Å². The summed E-state index contributed by atoms with van der Waals surface area (Å²) in [5.41, 5.74) is 0.160. The van der Waals surface area contributed by atoms with Crippen LogP contribution in [0.1, 0.15) is 32.1 Å². The van der Waals surface area contributed by atoms with Crippen molar-refractivity contribution in [3.63, 3.8) is 0 Å². The van der Waals surface area contributed by atoms with Crippen LogP contribution in [0, 0.1) is 0 Å². The maximum absolute atomic E-state index is 6.14. The Balaban J connectivity index is 2.80. The third-order valence-corrected chi connectivity index (χ3v) is 4.25. The van der Waals surface area contributed by atoms with Crippen LogP contribution in [-0.4, -0.2) is 13.1 Å². The van der Waals surface area contributed by atoms with Gasteiger partial charge in [0, 0.05) is 16.3 Å². The van der Waals surface area contributed by atoms with E-state index in [1.807, 2.05) is 13.1 Å². The second-order valence-corrected chi connectivity index (χ2v) is 5.70. The van der Waals surface area contributed by atoms with Gasteiger partial charge in [0.1, 0.15) is 0 Å². The number of thiophene rings is 1. The molecule has 0 saturated heterocycles. The lowest BCUT2D eigenvalue weighted by Gasteiger charge is -2.27. The maximum atomic E-state index is 6.14. The predicted octanol–water partition coefficient (Wildman–Crippen LogP) is 3.68.